The molecule has 0 aliphatic carbocycles. The van der Waals surface area contributed by atoms with Crippen molar-refractivity contribution in [2.45, 2.75) is 11.7 Å². The van der Waals surface area contributed by atoms with Crippen molar-refractivity contribution >= 4 is 29.9 Å². The summed E-state index contributed by atoms with van der Waals surface area (Å²) in [6, 6.07) is 13.5. The fraction of sp³-hybridized carbons (Fsp3) is 0.316. The fourth-order valence-electron chi connectivity index (χ4n) is 2.36. The van der Waals surface area contributed by atoms with Gasteiger partial charge in [0.1, 0.15) is 18.2 Å². The number of amides is 2. The summed E-state index contributed by atoms with van der Waals surface area (Å²) < 4.78 is 5.77. The van der Waals surface area contributed by atoms with Crippen LogP contribution in [0.1, 0.15) is 5.56 Å². The van der Waals surface area contributed by atoms with E-state index in [1.807, 2.05) is 60.7 Å². The number of nitrogens with one attached hydrogen (secondary N) is 1. The maximum Gasteiger partial charge on any atom is 0.239 e. The van der Waals surface area contributed by atoms with E-state index < -0.39 is 0 Å². The summed E-state index contributed by atoms with van der Waals surface area (Å²) in [7, 11) is 1.97. The van der Waals surface area contributed by atoms with Crippen LogP contribution in [0.3, 0.4) is 0 Å². The van der Waals surface area contributed by atoms with Gasteiger partial charge in [0.2, 0.25) is 12.3 Å². The Labute approximate surface area is 157 Å². The number of ether oxygens (including phenoxy) is 1. The Hall–Kier alpha value is -2.54. The van der Waals surface area contributed by atoms with Crippen LogP contribution in [0.2, 0.25) is 0 Å². The highest BCUT2D eigenvalue weighted by atomic mass is 32.2. The number of thioether (sulfide) groups is 1. The molecule has 1 heterocycles. The summed E-state index contributed by atoms with van der Waals surface area (Å²) in [5.74, 6) is 1.41. The molecule has 0 unspecified atom stereocenters. The first kappa shape index (κ1) is 19.8. The molecule has 0 bridgehead atoms. The Morgan fingerprint density at radius 2 is 2.08 bits per heavy atom. The Morgan fingerprint density at radius 3 is 2.69 bits per heavy atom. The monoisotopic (exact) mass is 373 g/mol. The molecule has 1 aromatic heterocycles. The number of hydrogen-bond acceptors (Lipinski definition) is 6. The van der Waals surface area contributed by atoms with E-state index in [4.69, 9.17) is 4.74 Å². The first-order valence-corrected chi connectivity index (χ1v) is 9.53. The molecule has 0 radical (unpaired) electrons. The number of hydrogen-bond donors (Lipinski definition) is 1. The van der Waals surface area contributed by atoms with Gasteiger partial charge >= 0.3 is 0 Å². The van der Waals surface area contributed by atoms with Gasteiger partial charge in [0.05, 0.1) is 11.8 Å². The molecule has 2 amide bonds. The lowest BCUT2D eigenvalue weighted by molar-refractivity contribution is -0.124. The summed E-state index contributed by atoms with van der Waals surface area (Å²) in [6.07, 6.45) is 4.60. The average molecular weight is 373 g/mol. The number of carbonyl (C=O) groups excluding carboxylic acids is 2. The number of benzene rings is 1. The summed E-state index contributed by atoms with van der Waals surface area (Å²) in [5, 5.41) is 1.91. The van der Waals surface area contributed by atoms with Gasteiger partial charge in [0.15, 0.2) is 0 Å². The third-order valence-corrected chi connectivity index (χ3v) is 4.81. The van der Waals surface area contributed by atoms with Gasteiger partial charge in [0, 0.05) is 13.2 Å². The smallest absolute Gasteiger partial charge is 0.239 e. The molecule has 138 valence electrons. The topological polar surface area (TPSA) is 71.5 Å². The van der Waals surface area contributed by atoms with Gasteiger partial charge in [-0.2, -0.15) is 11.8 Å². The second kappa shape index (κ2) is 10.5. The number of rotatable bonds is 10. The van der Waals surface area contributed by atoms with Crippen LogP contribution >= 0.6 is 11.8 Å². The van der Waals surface area contributed by atoms with Gasteiger partial charge < -0.3 is 9.64 Å². The number of imide groups is 1. The number of nitrogens with zero attached hydrogens (tertiary/aromatic N) is 2. The number of aromatic nitrogens is 1. The highest BCUT2D eigenvalue weighted by Crippen LogP contribution is 2.18. The van der Waals surface area contributed by atoms with Gasteiger partial charge in [-0.1, -0.05) is 18.2 Å². The molecule has 0 fully saturated rings. The molecule has 0 aliphatic heterocycles. The second-order valence-electron chi connectivity index (χ2n) is 5.66. The fourth-order valence-corrected chi connectivity index (χ4v) is 3.01. The Bertz CT molecular complexity index is 695. The molecule has 1 N–H and O–H groups in total. The highest BCUT2D eigenvalue weighted by Gasteiger charge is 2.17. The van der Waals surface area contributed by atoms with E-state index in [1.165, 1.54) is 11.8 Å². The second-order valence-corrected chi connectivity index (χ2v) is 6.70. The van der Waals surface area contributed by atoms with Crippen LogP contribution in [0.15, 0.2) is 48.7 Å². The van der Waals surface area contributed by atoms with E-state index in [-0.39, 0.29) is 11.2 Å². The molecule has 26 heavy (non-hydrogen) atoms. The van der Waals surface area contributed by atoms with Crippen molar-refractivity contribution in [2.24, 2.45) is 0 Å². The predicted octanol–water partition coefficient (Wildman–Crippen LogP) is 2.14. The van der Waals surface area contributed by atoms with E-state index in [0.29, 0.717) is 19.4 Å². The van der Waals surface area contributed by atoms with Gasteiger partial charge in [-0.3, -0.25) is 14.9 Å². The van der Waals surface area contributed by atoms with Crippen molar-refractivity contribution < 1.29 is 14.3 Å². The van der Waals surface area contributed by atoms with E-state index in [2.05, 4.69) is 10.3 Å². The maximum absolute atomic E-state index is 11.8. The molecule has 0 saturated carbocycles. The number of carbonyl (C=O) groups is 2. The van der Waals surface area contributed by atoms with Crippen molar-refractivity contribution in [3.63, 3.8) is 0 Å². The summed E-state index contributed by atoms with van der Waals surface area (Å²) >= 11 is 1.42. The molecule has 1 atom stereocenters. The number of anilines is 1. The van der Waals surface area contributed by atoms with Crippen molar-refractivity contribution in [3.05, 3.63) is 54.2 Å². The third kappa shape index (κ3) is 6.07. The Balaban J connectivity index is 1.81. The standard InChI is InChI=1S/C19H23N3O3S/c1-22(18-5-3-4-10-20-18)11-12-25-16-8-6-15(7-9-16)13-17(26-2)19(24)21-14-23/h3-10,14,17H,11-13H2,1-2H3,(H,21,23,24)/t17-/m0/s1. The predicted molar refractivity (Wildman–Crippen MR) is 105 cm³/mol. The Kier molecular flexibility index (Phi) is 7.95. The zero-order valence-electron chi connectivity index (χ0n) is 14.9. The minimum atomic E-state index is -0.293. The van der Waals surface area contributed by atoms with E-state index in [1.54, 1.807) is 6.20 Å². The van der Waals surface area contributed by atoms with E-state index >= 15 is 0 Å². The molecule has 0 aliphatic rings. The van der Waals surface area contributed by atoms with E-state index in [9.17, 15) is 9.59 Å². The van der Waals surface area contributed by atoms with Crippen LogP contribution in [0.4, 0.5) is 5.82 Å². The van der Waals surface area contributed by atoms with Crippen LogP contribution < -0.4 is 15.0 Å². The molecule has 0 saturated heterocycles. The molecule has 0 spiro atoms. The summed E-state index contributed by atoms with van der Waals surface area (Å²) in [4.78, 5) is 28.5. The lowest BCUT2D eigenvalue weighted by Gasteiger charge is -2.18. The minimum Gasteiger partial charge on any atom is -0.492 e. The zero-order valence-corrected chi connectivity index (χ0v) is 15.7. The maximum atomic E-state index is 11.8. The normalized spacial score (nSPS) is 11.5. The SMILES string of the molecule is CS[C@@H](Cc1ccc(OCCN(C)c2ccccn2)cc1)C(=O)NC=O. The van der Waals surface area contributed by atoms with Gasteiger partial charge in [-0.05, 0) is 42.5 Å². The summed E-state index contributed by atoms with van der Waals surface area (Å²) in [6.45, 7) is 1.26. The molecular formula is C19H23N3O3S. The quantitative estimate of drug-likeness (QED) is 0.644. The van der Waals surface area contributed by atoms with Crippen molar-refractivity contribution in [1.29, 1.82) is 0 Å². The highest BCUT2D eigenvalue weighted by molar-refractivity contribution is 7.99. The van der Waals surface area contributed by atoms with Crippen molar-refractivity contribution in [3.8, 4) is 5.75 Å². The van der Waals surface area contributed by atoms with Crippen LogP contribution in [0.5, 0.6) is 5.75 Å². The van der Waals surface area contributed by atoms with Crippen LogP contribution in [0, 0.1) is 0 Å². The van der Waals surface area contributed by atoms with Crippen molar-refractivity contribution in [1.82, 2.24) is 10.3 Å². The molecule has 2 rings (SSSR count). The number of pyridine rings is 1. The molecule has 7 heteroatoms. The van der Waals surface area contributed by atoms with Crippen LogP contribution in [-0.2, 0) is 16.0 Å². The Morgan fingerprint density at radius 1 is 1.31 bits per heavy atom. The number of likely N-dealkylation sites (N-methyl/N-ethyl adjacent to an activating group) is 1. The lowest BCUT2D eigenvalue weighted by Crippen LogP contribution is -2.32. The van der Waals surface area contributed by atoms with E-state index in [0.717, 1.165) is 23.7 Å². The summed E-state index contributed by atoms with van der Waals surface area (Å²) in [5.41, 5.74) is 1.02. The first-order valence-electron chi connectivity index (χ1n) is 8.24. The van der Waals surface area contributed by atoms with Crippen LogP contribution in [0.25, 0.3) is 0 Å². The first-order chi connectivity index (χ1) is 12.6. The van der Waals surface area contributed by atoms with Gasteiger partial charge in [-0.25, -0.2) is 4.98 Å². The molecule has 2 aromatic rings. The average Bonchev–Trinajstić information content (AvgIpc) is 2.68. The largest absolute Gasteiger partial charge is 0.492 e. The molecular weight excluding hydrogens is 350 g/mol. The molecule has 1 aromatic carbocycles. The zero-order chi connectivity index (χ0) is 18.8. The van der Waals surface area contributed by atoms with Gasteiger partial charge in [-0.15, -0.1) is 0 Å². The van der Waals surface area contributed by atoms with Crippen molar-refractivity contribution in [2.75, 3.05) is 31.4 Å². The minimum absolute atomic E-state index is 0.273. The third-order valence-electron chi connectivity index (χ3n) is 3.86. The molecule has 6 nitrogen and oxygen atoms in total. The van der Waals surface area contributed by atoms with Gasteiger partial charge in [0.25, 0.3) is 0 Å². The van der Waals surface area contributed by atoms with Crippen LogP contribution in [-0.4, -0.2) is 49.0 Å². The lowest BCUT2D eigenvalue weighted by atomic mass is 10.1.